The zero-order valence-corrected chi connectivity index (χ0v) is 15.5. The van der Waals surface area contributed by atoms with Crippen LogP contribution in [0.25, 0.3) is 11.0 Å². The minimum absolute atomic E-state index is 0.169. The lowest BCUT2D eigenvalue weighted by Crippen LogP contribution is -2.14. The van der Waals surface area contributed by atoms with Gasteiger partial charge in [0.25, 0.3) is 0 Å². The van der Waals surface area contributed by atoms with Gasteiger partial charge >= 0.3 is 5.97 Å². The molecule has 2 aromatic carbocycles. The van der Waals surface area contributed by atoms with Crippen molar-refractivity contribution < 1.29 is 14.3 Å². The number of esters is 1. The highest BCUT2D eigenvalue weighted by Crippen LogP contribution is 2.22. The maximum absolute atomic E-state index is 12.1. The number of nitrogens with one attached hydrogen (secondary N) is 2. The van der Waals surface area contributed by atoms with Crippen LogP contribution in [0.1, 0.15) is 17.3 Å². The third kappa shape index (κ3) is 4.56. The molecular formula is C18H16ClN3O3S. The quantitative estimate of drug-likeness (QED) is 0.489. The molecule has 6 nitrogen and oxygen atoms in total. The zero-order chi connectivity index (χ0) is 18.5. The molecule has 0 atom stereocenters. The number of hydrogen-bond acceptors (Lipinski definition) is 5. The average molecular weight is 390 g/mol. The lowest BCUT2D eigenvalue weighted by Gasteiger charge is -2.06. The minimum Gasteiger partial charge on any atom is -0.462 e. The van der Waals surface area contributed by atoms with Crippen LogP contribution in [0.3, 0.4) is 0 Å². The van der Waals surface area contributed by atoms with Gasteiger partial charge in [-0.1, -0.05) is 23.4 Å². The molecule has 8 heteroatoms. The summed E-state index contributed by atoms with van der Waals surface area (Å²) >= 11 is 7.24. The van der Waals surface area contributed by atoms with E-state index in [1.165, 1.54) is 11.8 Å². The Bertz CT molecular complexity index is 941. The van der Waals surface area contributed by atoms with E-state index in [1.807, 2.05) is 6.07 Å². The summed E-state index contributed by atoms with van der Waals surface area (Å²) in [6.07, 6.45) is 0. The number of thioether (sulfide) groups is 1. The number of rotatable bonds is 6. The van der Waals surface area contributed by atoms with E-state index in [2.05, 4.69) is 15.3 Å². The van der Waals surface area contributed by atoms with Crippen LogP contribution in [0, 0.1) is 0 Å². The zero-order valence-electron chi connectivity index (χ0n) is 13.9. The van der Waals surface area contributed by atoms with Gasteiger partial charge in [-0.3, -0.25) is 4.79 Å². The van der Waals surface area contributed by atoms with Gasteiger partial charge < -0.3 is 15.0 Å². The fourth-order valence-corrected chi connectivity index (χ4v) is 3.12. The standard InChI is InChI=1S/C18H16ClN3O3S/c1-2-25-17(24)11-3-6-13(7-4-11)20-16(23)10-26-18-21-14-8-5-12(19)9-15(14)22-18/h3-9H,2,10H2,1H3,(H,20,23)(H,21,22). The van der Waals surface area contributed by atoms with Crippen molar-refractivity contribution in [1.29, 1.82) is 0 Å². The maximum Gasteiger partial charge on any atom is 0.338 e. The number of fused-ring (bicyclic) bond motifs is 1. The van der Waals surface area contributed by atoms with Crippen molar-refractivity contribution in [1.82, 2.24) is 9.97 Å². The Hall–Kier alpha value is -2.51. The fourth-order valence-electron chi connectivity index (χ4n) is 2.26. The molecular weight excluding hydrogens is 374 g/mol. The van der Waals surface area contributed by atoms with Crippen molar-refractivity contribution in [2.45, 2.75) is 12.1 Å². The number of aromatic amines is 1. The first-order chi connectivity index (χ1) is 12.5. The Morgan fingerprint density at radius 1 is 1.23 bits per heavy atom. The maximum atomic E-state index is 12.1. The molecule has 0 radical (unpaired) electrons. The van der Waals surface area contributed by atoms with Crippen LogP contribution in [0.15, 0.2) is 47.6 Å². The van der Waals surface area contributed by atoms with Gasteiger partial charge in [-0.25, -0.2) is 9.78 Å². The molecule has 1 heterocycles. The molecule has 0 aliphatic heterocycles. The molecule has 0 saturated carbocycles. The summed E-state index contributed by atoms with van der Waals surface area (Å²) < 4.78 is 4.92. The Balaban J connectivity index is 1.55. The summed E-state index contributed by atoms with van der Waals surface area (Å²) in [5.74, 6) is -0.351. The molecule has 0 aliphatic rings. The van der Waals surface area contributed by atoms with E-state index in [9.17, 15) is 9.59 Å². The number of amides is 1. The first-order valence-corrected chi connectivity index (χ1v) is 9.26. The first kappa shape index (κ1) is 18.3. The number of benzene rings is 2. The van der Waals surface area contributed by atoms with Gasteiger partial charge in [-0.15, -0.1) is 0 Å². The van der Waals surface area contributed by atoms with Crippen LogP contribution >= 0.6 is 23.4 Å². The highest BCUT2D eigenvalue weighted by atomic mass is 35.5. The van der Waals surface area contributed by atoms with Crippen LogP contribution in [-0.2, 0) is 9.53 Å². The van der Waals surface area contributed by atoms with Crippen molar-refractivity contribution >= 4 is 52.0 Å². The molecule has 3 rings (SSSR count). The third-order valence-electron chi connectivity index (χ3n) is 3.44. The number of hydrogen-bond donors (Lipinski definition) is 2. The minimum atomic E-state index is -0.383. The predicted octanol–water partition coefficient (Wildman–Crippen LogP) is 4.12. The molecule has 0 fully saturated rings. The summed E-state index contributed by atoms with van der Waals surface area (Å²) in [5.41, 5.74) is 2.68. The van der Waals surface area contributed by atoms with Gasteiger partial charge in [-0.05, 0) is 49.4 Å². The Morgan fingerprint density at radius 3 is 2.73 bits per heavy atom. The van der Waals surface area contributed by atoms with Crippen LogP contribution in [-0.4, -0.2) is 34.2 Å². The second-order valence-corrected chi connectivity index (χ2v) is 6.74. The van der Waals surface area contributed by atoms with E-state index in [-0.39, 0.29) is 17.6 Å². The van der Waals surface area contributed by atoms with E-state index in [4.69, 9.17) is 16.3 Å². The Kier molecular flexibility index (Phi) is 5.80. The summed E-state index contributed by atoms with van der Waals surface area (Å²) in [4.78, 5) is 31.2. The van der Waals surface area contributed by atoms with Gasteiger partial charge in [0, 0.05) is 10.7 Å². The molecule has 0 spiro atoms. The van der Waals surface area contributed by atoms with Crippen LogP contribution < -0.4 is 5.32 Å². The number of halogens is 1. The molecule has 0 aliphatic carbocycles. The lowest BCUT2D eigenvalue weighted by molar-refractivity contribution is -0.113. The molecule has 0 unspecified atom stereocenters. The second-order valence-electron chi connectivity index (χ2n) is 5.34. The molecule has 1 amide bonds. The number of carbonyl (C=O) groups excluding carboxylic acids is 2. The molecule has 2 N–H and O–H groups in total. The summed E-state index contributed by atoms with van der Waals surface area (Å²) in [6.45, 7) is 2.07. The molecule has 134 valence electrons. The number of H-pyrrole nitrogens is 1. The van der Waals surface area contributed by atoms with Gasteiger partial charge in [0.2, 0.25) is 5.91 Å². The number of imidazole rings is 1. The van der Waals surface area contributed by atoms with Crippen LogP contribution in [0.4, 0.5) is 5.69 Å². The Morgan fingerprint density at radius 2 is 2.00 bits per heavy atom. The summed E-state index contributed by atoms with van der Waals surface area (Å²) in [6, 6.07) is 11.9. The topological polar surface area (TPSA) is 84.1 Å². The van der Waals surface area contributed by atoms with E-state index in [1.54, 1.807) is 43.3 Å². The highest BCUT2D eigenvalue weighted by Gasteiger charge is 2.09. The lowest BCUT2D eigenvalue weighted by atomic mass is 10.2. The molecule has 0 saturated heterocycles. The van der Waals surface area contributed by atoms with Crippen LogP contribution in [0.5, 0.6) is 0 Å². The normalized spacial score (nSPS) is 10.7. The largest absolute Gasteiger partial charge is 0.462 e. The Labute approximate surface area is 159 Å². The van der Waals surface area contributed by atoms with Crippen molar-refractivity contribution in [3.8, 4) is 0 Å². The molecule has 26 heavy (non-hydrogen) atoms. The van der Waals surface area contributed by atoms with Crippen molar-refractivity contribution in [2.24, 2.45) is 0 Å². The van der Waals surface area contributed by atoms with Gasteiger partial charge in [0.1, 0.15) is 0 Å². The van der Waals surface area contributed by atoms with Gasteiger partial charge in [-0.2, -0.15) is 0 Å². The first-order valence-electron chi connectivity index (χ1n) is 7.90. The van der Waals surface area contributed by atoms with E-state index in [0.29, 0.717) is 28.0 Å². The van der Waals surface area contributed by atoms with Crippen LogP contribution in [0.2, 0.25) is 5.02 Å². The van der Waals surface area contributed by atoms with E-state index < -0.39 is 0 Å². The number of aromatic nitrogens is 2. The number of ether oxygens (including phenoxy) is 1. The smallest absolute Gasteiger partial charge is 0.338 e. The fraction of sp³-hybridized carbons (Fsp3) is 0.167. The van der Waals surface area contributed by atoms with Crippen molar-refractivity contribution in [3.63, 3.8) is 0 Å². The second kappa shape index (κ2) is 8.25. The summed E-state index contributed by atoms with van der Waals surface area (Å²) in [7, 11) is 0. The molecule has 3 aromatic rings. The van der Waals surface area contributed by atoms with E-state index >= 15 is 0 Å². The monoisotopic (exact) mass is 389 g/mol. The number of carbonyl (C=O) groups is 2. The predicted molar refractivity (Wildman–Crippen MR) is 103 cm³/mol. The number of nitrogens with zero attached hydrogens (tertiary/aromatic N) is 1. The van der Waals surface area contributed by atoms with Gasteiger partial charge in [0.05, 0.1) is 29.0 Å². The average Bonchev–Trinajstić information content (AvgIpc) is 3.03. The summed E-state index contributed by atoms with van der Waals surface area (Å²) in [5, 5.41) is 4.05. The van der Waals surface area contributed by atoms with Crippen molar-refractivity contribution in [3.05, 3.63) is 53.1 Å². The van der Waals surface area contributed by atoms with E-state index in [0.717, 1.165) is 11.0 Å². The highest BCUT2D eigenvalue weighted by molar-refractivity contribution is 7.99. The molecule has 1 aromatic heterocycles. The SMILES string of the molecule is CCOC(=O)c1ccc(NC(=O)CSc2nc3ccc(Cl)cc3[nH]2)cc1. The third-order valence-corrected chi connectivity index (χ3v) is 4.55. The number of anilines is 1. The van der Waals surface area contributed by atoms with Crippen molar-refractivity contribution in [2.75, 3.05) is 17.7 Å². The van der Waals surface area contributed by atoms with Gasteiger partial charge in [0.15, 0.2) is 5.16 Å². The molecule has 0 bridgehead atoms.